The van der Waals surface area contributed by atoms with Gasteiger partial charge < -0.3 is 0 Å². The van der Waals surface area contributed by atoms with Crippen molar-refractivity contribution in [2.24, 2.45) is 0 Å². The average Bonchev–Trinajstić information content (AvgIpc) is 2.72. The molecule has 1 aromatic carbocycles. The van der Waals surface area contributed by atoms with Crippen LogP contribution in [-0.2, 0) is 0 Å². The third kappa shape index (κ3) is 2.19. The minimum absolute atomic E-state index is 0.364. The van der Waals surface area contributed by atoms with Gasteiger partial charge in [0.05, 0.1) is 0 Å². The number of H-pyrrole nitrogens is 1. The van der Waals surface area contributed by atoms with Gasteiger partial charge in [-0.1, -0.05) is 0 Å². The molecule has 1 unspecified atom stereocenters. The Hall–Kier alpha value is -1.19. The topological polar surface area (TPSA) is 54.5 Å². The number of hydrogen-bond acceptors (Lipinski definition) is 3. The van der Waals surface area contributed by atoms with E-state index in [2.05, 4.69) is 51.8 Å². The van der Waals surface area contributed by atoms with Crippen LogP contribution in [0.2, 0.25) is 0 Å². The van der Waals surface area contributed by atoms with Crippen LogP contribution in [0.5, 0.6) is 0 Å². The van der Waals surface area contributed by atoms with Crippen molar-refractivity contribution in [1.29, 1.82) is 0 Å². The van der Waals surface area contributed by atoms with Crippen molar-refractivity contribution in [1.82, 2.24) is 20.6 Å². The van der Waals surface area contributed by atoms with Crippen LogP contribution >= 0.6 is 0 Å². The van der Waals surface area contributed by atoms with E-state index in [1.54, 1.807) is 0 Å². The van der Waals surface area contributed by atoms with E-state index in [4.69, 9.17) is 0 Å². The van der Waals surface area contributed by atoms with Crippen LogP contribution < -0.4 is 4.46 Å². The van der Waals surface area contributed by atoms with E-state index in [1.165, 1.54) is 4.46 Å². The van der Waals surface area contributed by atoms with E-state index >= 15 is 0 Å². The summed E-state index contributed by atoms with van der Waals surface area (Å²) in [7, 11) is 0. The van der Waals surface area contributed by atoms with E-state index in [9.17, 15) is 0 Å². The standard InChI is InChI=1S/C9H10N4Se/c1-7(9-10-12-13-11-9)14-8-5-3-2-4-6-8/h2-7H,1H3,(H,10,11,12,13). The molecule has 0 amide bonds. The number of nitrogens with zero attached hydrogens (tertiary/aromatic N) is 3. The molecule has 0 saturated heterocycles. The van der Waals surface area contributed by atoms with Crippen molar-refractivity contribution in [2.45, 2.75) is 11.7 Å². The van der Waals surface area contributed by atoms with Gasteiger partial charge in [-0.25, -0.2) is 0 Å². The van der Waals surface area contributed by atoms with Crippen molar-refractivity contribution < 1.29 is 0 Å². The molecule has 1 N–H and O–H groups in total. The molecule has 0 fully saturated rings. The number of benzene rings is 1. The van der Waals surface area contributed by atoms with Crippen molar-refractivity contribution in [3.05, 3.63) is 36.2 Å². The molecule has 5 heteroatoms. The Kier molecular flexibility index (Phi) is 2.91. The molecule has 1 atom stereocenters. The van der Waals surface area contributed by atoms with Crippen molar-refractivity contribution >= 4 is 19.4 Å². The molecular formula is C9H10N4Se. The molecule has 1 aromatic heterocycles. The first-order valence-corrected chi connectivity index (χ1v) is 6.16. The summed E-state index contributed by atoms with van der Waals surface area (Å²) in [6.45, 7) is 2.12. The SMILES string of the molecule is CC([Se]c1ccccc1)c1nn[nH]n1. The molecule has 0 aliphatic heterocycles. The molecule has 2 aromatic rings. The zero-order chi connectivity index (χ0) is 9.80. The molecule has 2 rings (SSSR count). The molecule has 14 heavy (non-hydrogen) atoms. The predicted molar refractivity (Wildman–Crippen MR) is 54.4 cm³/mol. The van der Waals surface area contributed by atoms with E-state index in [-0.39, 0.29) is 0 Å². The van der Waals surface area contributed by atoms with Crippen molar-refractivity contribution in [2.75, 3.05) is 0 Å². The number of hydrogen-bond donors (Lipinski definition) is 1. The third-order valence-electron chi connectivity index (χ3n) is 1.78. The van der Waals surface area contributed by atoms with Gasteiger partial charge >= 0.3 is 87.9 Å². The second-order valence-corrected chi connectivity index (χ2v) is 5.81. The van der Waals surface area contributed by atoms with E-state index in [0.29, 0.717) is 19.8 Å². The van der Waals surface area contributed by atoms with Gasteiger partial charge in [0, 0.05) is 0 Å². The zero-order valence-electron chi connectivity index (χ0n) is 7.71. The summed E-state index contributed by atoms with van der Waals surface area (Å²) in [6.07, 6.45) is 0. The Morgan fingerprint density at radius 1 is 1.29 bits per heavy atom. The van der Waals surface area contributed by atoms with Crippen LogP contribution in [0.25, 0.3) is 0 Å². The third-order valence-corrected chi connectivity index (χ3v) is 4.11. The van der Waals surface area contributed by atoms with Crippen LogP contribution in [0.3, 0.4) is 0 Å². The normalized spacial score (nSPS) is 12.6. The number of rotatable bonds is 3. The minimum atomic E-state index is 0.364. The first kappa shape index (κ1) is 9.37. The summed E-state index contributed by atoms with van der Waals surface area (Å²) >= 11 is 0.366. The van der Waals surface area contributed by atoms with E-state index < -0.39 is 0 Å². The second-order valence-electron chi connectivity index (χ2n) is 2.84. The van der Waals surface area contributed by atoms with E-state index in [0.717, 1.165) is 5.82 Å². The van der Waals surface area contributed by atoms with Crippen LogP contribution in [0.15, 0.2) is 30.3 Å². The maximum absolute atomic E-state index is 3.98. The summed E-state index contributed by atoms with van der Waals surface area (Å²) in [6, 6.07) is 10.4. The van der Waals surface area contributed by atoms with Gasteiger partial charge in [-0.3, -0.25) is 0 Å². The van der Waals surface area contributed by atoms with Crippen LogP contribution in [0.1, 0.15) is 17.6 Å². The molecule has 1 heterocycles. The molecule has 0 bridgehead atoms. The number of aromatic nitrogens is 4. The zero-order valence-corrected chi connectivity index (χ0v) is 9.43. The van der Waals surface area contributed by atoms with Gasteiger partial charge in [-0.05, 0) is 0 Å². The molecular weight excluding hydrogens is 243 g/mol. The van der Waals surface area contributed by atoms with Gasteiger partial charge in [0.15, 0.2) is 0 Å². The summed E-state index contributed by atoms with van der Waals surface area (Å²) in [4.78, 5) is 0.364. The summed E-state index contributed by atoms with van der Waals surface area (Å²) < 4.78 is 1.36. The van der Waals surface area contributed by atoms with Crippen LogP contribution in [-0.4, -0.2) is 35.6 Å². The fourth-order valence-electron chi connectivity index (χ4n) is 1.10. The summed E-state index contributed by atoms with van der Waals surface area (Å²) in [5.41, 5.74) is 0. The first-order chi connectivity index (χ1) is 6.86. The first-order valence-electron chi connectivity index (χ1n) is 4.31. The number of nitrogens with one attached hydrogen (secondary N) is 1. The molecule has 0 aliphatic rings. The Bertz CT molecular complexity index is 373. The molecule has 0 saturated carbocycles. The maximum atomic E-state index is 3.98. The van der Waals surface area contributed by atoms with Gasteiger partial charge in [0.25, 0.3) is 0 Å². The fraction of sp³-hybridized carbons (Fsp3) is 0.222. The quantitative estimate of drug-likeness (QED) is 0.800. The Labute approximate surface area is 88.3 Å². The molecule has 0 spiro atoms. The average molecular weight is 253 g/mol. The monoisotopic (exact) mass is 254 g/mol. The number of tetrazole rings is 1. The number of aromatic amines is 1. The fourth-order valence-corrected chi connectivity index (χ4v) is 3.04. The van der Waals surface area contributed by atoms with E-state index in [1.807, 2.05) is 6.07 Å². The van der Waals surface area contributed by atoms with Crippen molar-refractivity contribution in [3.8, 4) is 0 Å². The van der Waals surface area contributed by atoms with Gasteiger partial charge in [0.2, 0.25) is 0 Å². The van der Waals surface area contributed by atoms with Gasteiger partial charge in [-0.15, -0.1) is 0 Å². The Morgan fingerprint density at radius 3 is 2.71 bits per heavy atom. The van der Waals surface area contributed by atoms with Gasteiger partial charge in [0.1, 0.15) is 0 Å². The van der Waals surface area contributed by atoms with Gasteiger partial charge in [-0.2, -0.15) is 0 Å². The Balaban J connectivity index is 2.06. The molecule has 0 aliphatic carbocycles. The summed E-state index contributed by atoms with van der Waals surface area (Å²) in [5.74, 6) is 0.800. The molecule has 72 valence electrons. The van der Waals surface area contributed by atoms with Crippen molar-refractivity contribution in [3.63, 3.8) is 0 Å². The Morgan fingerprint density at radius 2 is 2.07 bits per heavy atom. The second kappa shape index (κ2) is 4.35. The van der Waals surface area contributed by atoms with Crippen LogP contribution in [0.4, 0.5) is 0 Å². The summed E-state index contributed by atoms with van der Waals surface area (Å²) in [5, 5.41) is 14.0. The molecule has 0 radical (unpaired) electrons. The van der Waals surface area contributed by atoms with Crippen LogP contribution in [0, 0.1) is 0 Å². The molecule has 4 nitrogen and oxygen atoms in total. The predicted octanol–water partition coefficient (Wildman–Crippen LogP) is 0.290.